The van der Waals surface area contributed by atoms with Gasteiger partial charge in [0.05, 0.1) is 6.61 Å². The molecule has 2 atom stereocenters. The molecule has 1 aliphatic carbocycles. The van der Waals surface area contributed by atoms with Gasteiger partial charge in [-0.15, -0.1) is 0 Å². The minimum atomic E-state index is 0.126. The van der Waals surface area contributed by atoms with E-state index >= 15 is 0 Å². The number of hydroxylamine groups is 2. The van der Waals surface area contributed by atoms with Crippen molar-refractivity contribution < 1.29 is 4.84 Å². The number of piperidine rings is 1. The molecule has 128 valence electrons. The van der Waals surface area contributed by atoms with Crippen LogP contribution in [0.25, 0.3) is 0 Å². The van der Waals surface area contributed by atoms with Crippen molar-refractivity contribution in [3.8, 4) is 0 Å². The van der Waals surface area contributed by atoms with Crippen LogP contribution in [-0.4, -0.2) is 27.7 Å². The summed E-state index contributed by atoms with van der Waals surface area (Å²) < 4.78 is 0. The van der Waals surface area contributed by atoms with E-state index in [9.17, 15) is 0 Å². The Hall–Kier alpha value is -0.930. The zero-order valence-corrected chi connectivity index (χ0v) is 15.2. The fraction of sp³-hybridized carbons (Fsp3) is 0.750. The molecule has 1 saturated heterocycles. The number of aromatic nitrogens is 1. The van der Waals surface area contributed by atoms with Gasteiger partial charge < -0.3 is 0 Å². The molecule has 1 aromatic heterocycles. The summed E-state index contributed by atoms with van der Waals surface area (Å²) in [4.78, 5) is 11.0. The summed E-state index contributed by atoms with van der Waals surface area (Å²) in [5, 5.41) is 2.30. The lowest BCUT2D eigenvalue weighted by molar-refractivity contribution is -0.286. The van der Waals surface area contributed by atoms with Gasteiger partial charge in [0.25, 0.3) is 0 Å². The first-order valence-electron chi connectivity index (χ1n) is 9.24. The third-order valence-corrected chi connectivity index (χ3v) is 5.82. The smallest absolute Gasteiger partial charge is 0.0720 e. The third-order valence-electron chi connectivity index (χ3n) is 5.82. The van der Waals surface area contributed by atoms with Crippen LogP contribution in [0.4, 0.5) is 0 Å². The fourth-order valence-electron chi connectivity index (χ4n) is 4.72. The van der Waals surface area contributed by atoms with Crippen LogP contribution in [0.2, 0.25) is 0 Å². The molecule has 1 saturated carbocycles. The molecule has 2 fully saturated rings. The summed E-state index contributed by atoms with van der Waals surface area (Å²) in [7, 11) is 0. The largest absolute Gasteiger partial charge is 0.298 e. The summed E-state index contributed by atoms with van der Waals surface area (Å²) in [6, 6.07) is 6.29. The van der Waals surface area contributed by atoms with Crippen molar-refractivity contribution in [2.24, 2.45) is 5.92 Å². The van der Waals surface area contributed by atoms with Crippen molar-refractivity contribution in [1.82, 2.24) is 10.0 Å². The maximum absolute atomic E-state index is 6.45. The van der Waals surface area contributed by atoms with E-state index in [0.29, 0.717) is 11.8 Å². The highest BCUT2D eigenvalue weighted by Crippen LogP contribution is 2.42. The van der Waals surface area contributed by atoms with Crippen LogP contribution in [0, 0.1) is 5.92 Å². The number of rotatable bonds is 4. The van der Waals surface area contributed by atoms with Crippen molar-refractivity contribution >= 4 is 0 Å². The van der Waals surface area contributed by atoms with E-state index in [2.05, 4.69) is 49.9 Å². The van der Waals surface area contributed by atoms with Gasteiger partial charge in [-0.2, -0.15) is 5.06 Å². The Labute approximate surface area is 141 Å². The number of nitrogens with zero attached hydrogens (tertiary/aromatic N) is 2. The Balaban J connectivity index is 1.67. The standard InChI is InChI=1S/C20H32N2O/c1-19(2)12-8-13-20(3,4)22(19)23-15-16-9-7-10-17(16)18-11-5-6-14-21-18/h5-6,11,14,16-17H,7-10,12-13,15H2,1-4H3. The predicted octanol–water partition coefficient (Wildman–Crippen LogP) is 4.94. The van der Waals surface area contributed by atoms with Gasteiger partial charge in [-0.1, -0.05) is 12.5 Å². The van der Waals surface area contributed by atoms with Gasteiger partial charge in [-0.05, 0) is 77.8 Å². The fourth-order valence-corrected chi connectivity index (χ4v) is 4.72. The van der Waals surface area contributed by atoms with Crippen LogP contribution in [0.15, 0.2) is 24.4 Å². The molecule has 1 aliphatic heterocycles. The lowest BCUT2D eigenvalue weighted by Gasteiger charge is -2.51. The summed E-state index contributed by atoms with van der Waals surface area (Å²) in [6.07, 6.45) is 9.44. The highest BCUT2D eigenvalue weighted by atomic mass is 16.7. The van der Waals surface area contributed by atoms with Crippen LogP contribution in [0.1, 0.15) is 77.8 Å². The summed E-state index contributed by atoms with van der Waals surface area (Å²) >= 11 is 0. The second-order valence-corrected chi connectivity index (χ2v) is 8.62. The highest BCUT2D eigenvalue weighted by Gasteiger charge is 2.43. The van der Waals surface area contributed by atoms with E-state index in [1.807, 2.05) is 12.3 Å². The zero-order valence-electron chi connectivity index (χ0n) is 15.2. The third kappa shape index (κ3) is 3.61. The Bertz CT molecular complexity index is 496. The molecule has 0 N–H and O–H groups in total. The maximum Gasteiger partial charge on any atom is 0.0720 e. The topological polar surface area (TPSA) is 25.4 Å². The second kappa shape index (κ2) is 6.52. The summed E-state index contributed by atoms with van der Waals surface area (Å²) in [5.41, 5.74) is 1.50. The predicted molar refractivity (Wildman–Crippen MR) is 94.1 cm³/mol. The van der Waals surface area contributed by atoms with E-state index in [1.54, 1.807) is 0 Å². The van der Waals surface area contributed by atoms with Crippen LogP contribution in [-0.2, 0) is 4.84 Å². The summed E-state index contributed by atoms with van der Waals surface area (Å²) in [6.45, 7) is 10.1. The molecule has 0 radical (unpaired) electrons. The van der Waals surface area contributed by atoms with Gasteiger partial charge in [-0.25, -0.2) is 0 Å². The summed E-state index contributed by atoms with van der Waals surface area (Å²) in [5.74, 6) is 1.16. The monoisotopic (exact) mass is 316 g/mol. The van der Waals surface area contributed by atoms with E-state index in [-0.39, 0.29) is 11.1 Å². The molecule has 23 heavy (non-hydrogen) atoms. The molecule has 3 heteroatoms. The SMILES string of the molecule is CC1(C)CCCC(C)(C)N1OCC1CCCC1c1ccccn1. The maximum atomic E-state index is 6.45. The van der Waals surface area contributed by atoms with Gasteiger partial charge in [0.15, 0.2) is 0 Å². The number of pyridine rings is 1. The Kier molecular flexibility index (Phi) is 4.80. The van der Waals surface area contributed by atoms with E-state index in [1.165, 1.54) is 44.2 Å². The van der Waals surface area contributed by atoms with Gasteiger partial charge in [0.2, 0.25) is 0 Å². The van der Waals surface area contributed by atoms with Gasteiger partial charge >= 0.3 is 0 Å². The average Bonchev–Trinajstić information content (AvgIpc) is 2.95. The molecule has 0 aromatic carbocycles. The normalized spacial score (nSPS) is 30.4. The van der Waals surface area contributed by atoms with E-state index in [4.69, 9.17) is 4.84 Å². The molecule has 0 amide bonds. The Morgan fingerprint density at radius 1 is 1.09 bits per heavy atom. The van der Waals surface area contributed by atoms with Crippen LogP contribution < -0.4 is 0 Å². The van der Waals surface area contributed by atoms with Crippen molar-refractivity contribution in [3.05, 3.63) is 30.1 Å². The molecular weight excluding hydrogens is 284 g/mol. The molecule has 3 nitrogen and oxygen atoms in total. The van der Waals surface area contributed by atoms with Crippen LogP contribution >= 0.6 is 0 Å². The Morgan fingerprint density at radius 2 is 1.83 bits per heavy atom. The lowest BCUT2D eigenvalue weighted by Crippen LogP contribution is -2.58. The van der Waals surface area contributed by atoms with Crippen molar-refractivity contribution in [1.29, 1.82) is 0 Å². The lowest BCUT2D eigenvalue weighted by atomic mass is 9.82. The minimum Gasteiger partial charge on any atom is -0.298 e. The van der Waals surface area contributed by atoms with Crippen LogP contribution in [0.5, 0.6) is 0 Å². The minimum absolute atomic E-state index is 0.126. The molecular formula is C20H32N2O. The van der Waals surface area contributed by atoms with Crippen LogP contribution in [0.3, 0.4) is 0 Å². The first-order valence-corrected chi connectivity index (χ1v) is 9.24. The molecule has 3 rings (SSSR count). The zero-order chi connectivity index (χ0) is 16.5. The molecule has 2 unspecified atom stereocenters. The van der Waals surface area contributed by atoms with E-state index in [0.717, 1.165) is 6.61 Å². The molecule has 1 aromatic rings. The quantitative estimate of drug-likeness (QED) is 0.786. The molecule has 0 spiro atoms. The first-order chi connectivity index (χ1) is 10.9. The molecule has 2 heterocycles. The average molecular weight is 316 g/mol. The van der Waals surface area contributed by atoms with Gasteiger partial charge in [-0.3, -0.25) is 9.82 Å². The van der Waals surface area contributed by atoms with Gasteiger partial charge in [0.1, 0.15) is 0 Å². The van der Waals surface area contributed by atoms with E-state index < -0.39 is 0 Å². The number of hydrogen-bond acceptors (Lipinski definition) is 3. The van der Waals surface area contributed by atoms with Gasteiger partial charge in [0, 0.05) is 28.9 Å². The Morgan fingerprint density at radius 3 is 2.48 bits per heavy atom. The molecule has 2 aliphatic rings. The van der Waals surface area contributed by atoms with Crippen molar-refractivity contribution in [2.45, 2.75) is 83.2 Å². The van der Waals surface area contributed by atoms with Crippen molar-refractivity contribution in [2.75, 3.05) is 6.61 Å². The van der Waals surface area contributed by atoms with Crippen molar-refractivity contribution in [3.63, 3.8) is 0 Å². The highest BCUT2D eigenvalue weighted by molar-refractivity contribution is 5.12. The first kappa shape index (κ1) is 16.9. The second-order valence-electron chi connectivity index (χ2n) is 8.62. The molecule has 0 bridgehead atoms. The number of hydrogen-bond donors (Lipinski definition) is 0.